The Morgan fingerprint density at radius 1 is 1.26 bits per heavy atom. The van der Waals surface area contributed by atoms with E-state index in [0.29, 0.717) is 0 Å². The molecule has 1 amide bonds. The Balaban J connectivity index is 1.97. The average molecular weight is 351 g/mol. The number of nitrogens with one attached hydrogen (secondary N) is 2. The van der Waals surface area contributed by atoms with E-state index in [0.717, 1.165) is 21.6 Å². The molecule has 1 heterocycles. The van der Waals surface area contributed by atoms with Gasteiger partial charge in [0, 0.05) is 11.2 Å². The second-order valence-electron chi connectivity index (χ2n) is 6.12. The zero-order valence-electron chi connectivity index (χ0n) is 13.8. The third-order valence-electron chi connectivity index (χ3n) is 2.84. The third-order valence-corrected chi connectivity index (χ3v) is 5.12. The Labute approximate surface area is 145 Å². The molecular formula is C16H22N4OS2. The van der Waals surface area contributed by atoms with Crippen LogP contribution in [0.1, 0.15) is 34.1 Å². The van der Waals surface area contributed by atoms with E-state index in [1.807, 2.05) is 37.3 Å². The van der Waals surface area contributed by atoms with Gasteiger partial charge in [0.25, 0.3) is 0 Å². The SMILES string of the molecule is CCC(Sc1nnc(NC(C)(C)C)s1)C(=O)Nc1ccccc1. The topological polar surface area (TPSA) is 66.9 Å². The standard InChI is InChI=1S/C16H22N4OS2/c1-5-12(13(21)17-11-9-7-6-8-10-11)22-15-20-19-14(23-15)18-16(2,3)4/h6-10,12H,5H2,1-4H3,(H,17,21)(H,18,19). The summed E-state index contributed by atoms with van der Waals surface area (Å²) in [5.41, 5.74) is 0.750. The summed E-state index contributed by atoms with van der Waals surface area (Å²) in [7, 11) is 0. The minimum atomic E-state index is -0.189. The van der Waals surface area contributed by atoms with Crippen LogP contribution in [0.25, 0.3) is 0 Å². The Morgan fingerprint density at radius 3 is 2.57 bits per heavy atom. The zero-order valence-corrected chi connectivity index (χ0v) is 15.4. The van der Waals surface area contributed by atoms with Gasteiger partial charge in [-0.1, -0.05) is 48.2 Å². The van der Waals surface area contributed by atoms with E-state index in [9.17, 15) is 4.79 Å². The predicted molar refractivity (Wildman–Crippen MR) is 98.3 cm³/mol. The molecule has 0 aliphatic rings. The average Bonchev–Trinajstić information content (AvgIpc) is 2.90. The van der Waals surface area contributed by atoms with Crippen molar-refractivity contribution in [3.63, 3.8) is 0 Å². The fourth-order valence-corrected chi connectivity index (χ4v) is 3.94. The van der Waals surface area contributed by atoms with Gasteiger partial charge in [-0.2, -0.15) is 0 Å². The van der Waals surface area contributed by atoms with E-state index < -0.39 is 0 Å². The van der Waals surface area contributed by atoms with Gasteiger partial charge in [0.2, 0.25) is 11.0 Å². The van der Waals surface area contributed by atoms with Crippen LogP contribution in [-0.2, 0) is 4.79 Å². The molecule has 23 heavy (non-hydrogen) atoms. The van der Waals surface area contributed by atoms with E-state index in [2.05, 4.69) is 41.6 Å². The van der Waals surface area contributed by atoms with Gasteiger partial charge in [0.05, 0.1) is 5.25 Å². The number of anilines is 2. The highest BCUT2D eigenvalue weighted by Crippen LogP contribution is 2.31. The highest BCUT2D eigenvalue weighted by molar-refractivity contribution is 8.02. The molecule has 0 fully saturated rings. The fourth-order valence-electron chi connectivity index (χ4n) is 1.82. The molecule has 0 saturated carbocycles. The first kappa shape index (κ1) is 17.7. The monoisotopic (exact) mass is 350 g/mol. The number of hydrogen-bond acceptors (Lipinski definition) is 6. The summed E-state index contributed by atoms with van der Waals surface area (Å²) in [5.74, 6) is -0.00997. The zero-order chi connectivity index (χ0) is 16.9. The van der Waals surface area contributed by atoms with Crippen molar-refractivity contribution in [3.05, 3.63) is 30.3 Å². The predicted octanol–water partition coefficient (Wildman–Crippen LogP) is 4.26. The summed E-state index contributed by atoms with van der Waals surface area (Å²) in [4.78, 5) is 12.4. The highest BCUT2D eigenvalue weighted by Gasteiger charge is 2.21. The van der Waals surface area contributed by atoms with E-state index >= 15 is 0 Å². The van der Waals surface area contributed by atoms with Gasteiger partial charge < -0.3 is 10.6 Å². The number of carbonyl (C=O) groups excluding carboxylic acids is 1. The molecule has 124 valence electrons. The summed E-state index contributed by atoms with van der Waals surface area (Å²) in [6, 6.07) is 9.49. The van der Waals surface area contributed by atoms with E-state index in [1.54, 1.807) is 0 Å². The summed E-state index contributed by atoms with van der Waals surface area (Å²) in [6.45, 7) is 8.22. The number of hydrogen-bond donors (Lipinski definition) is 2. The minimum absolute atomic E-state index is 0.00997. The summed E-state index contributed by atoms with van der Waals surface area (Å²) < 4.78 is 0.798. The van der Waals surface area contributed by atoms with Crippen molar-refractivity contribution in [1.29, 1.82) is 0 Å². The molecule has 0 spiro atoms. The molecule has 2 aromatic rings. The first-order valence-electron chi connectivity index (χ1n) is 7.51. The molecule has 1 aromatic heterocycles. The van der Waals surface area contributed by atoms with Crippen molar-refractivity contribution in [2.45, 2.75) is 49.2 Å². The quantitative estimate of drug-likeness (QED) is 0.762. The first-order chi connectivity index (χ1) is 10.9. The maximum atomic E-state index is 12.4. The van der Waals surface area contributed by atoms with Gasteiger partial charge in [0.1, 0.15) is 0 Å². The lowest BCUT2D eigenvalue weighted by Gasteiger charge is -2.18. The fraction of sp³-hybridized carbons (Fsp3) is 0.438. The maximum absolute atomic E-state index is 12.4. The molecule has 0 bridgehead atoms. The smallest absolute Gasteiger partial charge is 0.237 e. The van der Waals surface area contributed by atoms with Gasteiger partial charge in [-0.15, -0.1) is 10.2 Å². The second-order valence-corrected chi connectivity index (χ2v) is 8.55. The van der Waals surface area contributed by atoms with Crippen LogP contribution in [-0.4, -0.2) is 26.9 Å². The number of benzene rings is 1. The number of para-hydroxylation sites is 1. The van der Waals surface area contributed by atoms with Gasteiger partial charge in [-0.05, 0) is 39.3 Å². The van der Waals surface area contributed by atoms with Crippen molar-refractivity contribution in [2.24, 2.45) is 0 Å². The summed E-state index contributed by atoms with van der Waals surface area (Å²) in [6.07, 6.45) is 0.727. The Morgan fingerprint density at radius 2 is 1.96 bits per heavy atom. The van der Waals surface area contributed by atoms with Gasteiger partial charge in [-0.25, -0.2) is 0 Å². The van der Waals surface area contributed by atoms with Crippen LogP contribution in [0.15, 0.2) is 34.7 Å². The molecule has 1 atom stereocenters. The van der Waals surface area contributed by atoms with Crippen LogP contribution < -0.4 is 10.6 Å². The molecular weight excluding hydrogens is 328 g/mol. The minimum Gasteiger partial charge on any atom is -0.355 e. The lowest BCUT2D eigenvalue weighted by Crippen LogP contribution is -2.25. The summed E-state index contributed by atoms with van der Waals surface area (Å²) in [5, 5.41) is 15.1. The lowest BCUT2D eigenvalue weighted by atomic mass is 10.1. The molecule has 1 aromatic carbocycles. The second kappa shape index (κ2) is 7.79. The van der Waals surface area contributed by atoms with Gasteiger partial charge in [0.15, 0.2) is 4.34 Å². The van der Waals surface area contributed by atoms with Crippen LogP contribution in [0.5, 0.6) is 0 Å². The first-order valence-corrected chi connectivity index (χ1v) is 9.21. The molecule has 0 radical (unpaired) electrons. The van der Waals surface area contributed by atoms with Crippen LogP contribution >= 0.6 is 23.1 Å². The van der Waals surface area contributed by atoms with E-state index in [-0.39, 0.29) is 16.7 Å². The number of amides is 1. The van der Waals surface area contributed by atoms with Crippen LogP contribution in [0, 0.1) is 0 Å². The molecule has 0 aliphatic carbocycles. The molecule has 0 aliphatic heterocycles. The van der Waals surface area contributed by atoms with Gasteiger partial charge in [-0.3, -0.25) is 4.79 Å². The third kappa shape index (κ3) is 5.84. The number of nitrogens with zero attached hydrogens (tertiary/aromatic N) is 2. The van der Waals surface area contributed by atoms with Crippen LogP contribution in [0.3, 0.4) is 0 Å². The molecule has 1 unspecified atom stereocenters. The van der Waals surface area contributed by atoms with Crippen molar-refractivity contribution in [2.75, 3.05) is 10.6 Å². The number of aromatic nitrogens is 2. The lowest BCUT2D eigenvalue weighted by molar-refractivity contribution is -0.115. The Kier molecular flexibility index (Phi) is 6.01. The maximum Gasteiger partial charge on any atom is 0.237 e. The van der Waals surface area contributed by atoms with Crippen molar-refractivity contribution in [3.8, 4) is 0 Å². The van der Waals surface area contributed by atoms with Crippen molar-refractivity contribution >= 4 is 39.8 Å². The Hall–Kier alpha value is -1.60. The van der Waals surface area contributed by atoms with Crippen molar-refractivity contribution < 1.29 is 4.79 Å². The molecule has 0 saturated heterocycles. The number of thioether (sulfide) groups is 1. The molecule has 2 N–H and O–H groups in total. The van der Waals surface area contributed by atoms with Crippen molar-refractivity contribution in [1.82, 2.24) is 10.2 Å². The van der Waals surface area contributed by atoms with Gasteiger partial charge >= 0.3 is 0 Å². The highest BCUT2D eigenvalue weighted by atomic mass is 32.2. The number of carbonyl (C=O) groups is 1. The van der Waals surface area contributed by atoms with E-state index in [4.69, 9.17) is 0 Å². The van der Waals surface area contributed by atoms with Crippen LogP contribution in [0.4, 0.5) is 10.8 Å². The number of rotatable bonds is 6. The van der Waals surface area contributed by atoms with E-state index in [1.165, 1.54) is 23.1 Å². The molecule has 2 rings (SSSR count). The molecule has 7 heteroatoms. The normalized spacial score (nSPS) is 12.7. The largest absolute Gasteiger partial charge is 0.355 e. The molecule has 5 nitrogen and oxygen atoms in total. The Bertz CT molecular complexity index is 637. The van der Waals surface area contributed by atoms with Crippen LogP contribution in [0.2, 0.25) is 0 Å². The summed E-state index contributed by atoms with van der Waals surface area (Å²) >= 11 is 2.93.